The van der Waals surface area contributed by atoms with Crippen LogP contribution in [0.2, 0.25) is 0 Å². The highest BCUT2D eigenvalue weighted by atomic mass is 16.5. The molecule has 0 spiro atoms. The molecular weight excluding hydrogens is 346 g/mol. The predicted octanol–water partition coefficient (Wildman–Crippen LogP) is 1.31. The summed E-state index contributed by atoms with van der Waals surface area (Å²) in [4.78, 5) is 29.6. The molecule has 0 N–H and O–H groups in total. The monoisotopic (exact) mass is 367 g/mol. The molecule has 27 heavy (non-hydrogen) atoms. The summed E-state index contributed by atoms with van der Waals surface area (Å²) < 4.78 is 11.5. The zero-order chi connectivity index (χ0) is 19.3. The molecule has 3 heterocycles. The first-order valence-corrected chi connectivity index (χ1v) is 8.67. The van der Waals surface area contributed by atoms with E-state index in [2.05, 4.69) is 4.98 Å². The van der Waals surface area contributed by atoms with Gasteiger partial charge in [0.15, 0.2) is 11.2 Å². The van der Waals surface area contributed by atoms with E-state index in [1.165, 1.54) is 17.2 Å². The van der Waals surface area contributed by atoms with Crippen LogP contribution in [0.15, 0.2) is 40.1 Å². The van der Waals surface area contributed by atoms with Crippen molar-refractivity contribution in [2.45, 2.75) is 13.5 Å². The van der Waals surface area contributed by atoms with Gasteiger partial charge in [0.1, 0.15) is 0 Å². The lowest BCUT2D eigenvalue weighted by Crippen LogP contribution is -2.37. The first-order chi connectivity index (χ1) is 12.9. The zero-order valence-electron chi connectivity index (χ0n) is 15.8. The summed E-state index contributed by atoms with van der Waals surface area (Å²) in [7, 11) is 4.75. The van der Waals surface area contributed by atoms with Crippen molar-refractivity contribution in [1.82, 2.24) is 23.1 Å². The molecule has 0 saturated carbocycles. The average Bonchev–Trinajstić information content (AvgIpc) is 3.20. The molecule has 0 aliphatic rings. The summed E-state index contributed by atoms with van der Waals surface area (Å²) in [6, 6.07) is 8.19. The second-order valence-electron chi connectivity index (χ2n) is 6.68. The van der Waals surface area contributed by atoms with E-state index in [1.54, 1.807) is 18.6 Å². The summed E-state index contributed by atoms with van der Waals surface area (Å²) in [5.74, 6) is 0.607. The molecule has 8 heteroatoms. The molecule has 0 aliphatic carbocycles. The highest BCUT2D eigenvalue weighted by Gasteiger charge is 2.20. The van der Waals surface area contributed by atoms with Crippen molar-refractivity contribution in [1.29, 1.82) is 0 Å². The lowest BCUT2D eigenvalue weighted by Gasteiger charge is -2.08. The van der Waals surface area contributed by atoms with Crippen molar-refractivity contribution in [2.75, 3.05) is 13.7 Å². The van der Waals surface area contributed by atoms with Crippen LogP contribution in [0.25, 0.3) is 28.2 Å². The predicted molar refractivity (Wildman–Crippen MR) is 103 cm³/mol. The lowest BCUT2D eigenvalue weighted by atomic mass is 10.1. The Balaban J connectivity index is 2.09. The fraction of sp³-hybridized carbons (Fsp3) is 0.316. The van der Waals surface area contributed by atoms with Gasteiger partial charge in [-0.05, 0) is 12.5 Å². The van der Waals surface area contributed by atoms with Gasteiger partial charge in [0, 0.05) is 33.9 Å². The third kappa shape index (κ3) is 2.52. The molecule has 3 aromatic heterocycles. The van der Waals surface area contributed by atoms with Gasteiger partial charge < -0.3 is 9.30 Å². The average molecular weight is 367 g/mol. The second kappa shape index (κ2) is 6.24. The summed E-state index contributed by atoms with van der Waals surface area (Å²) in [5, 5.41) is 0. The summed E-state index contributed by atoms with van der Waals surface area (Å²) >= 11 is 0. The second-order valence-corrected chi connectivity index (χ2v) is 6.68. The van der Waals surface area contributed by atoms with Gasteiger partial charge in [-0.3, -0.25) is 18.3 Å². The van der Waals surface area contributed by atoms with Gasteiger partial charge >= 0.3 is 5.69 Å². The van der Waals surface area contributed by atoms with E-state index in [9.17, 15) is 9.59 Å². The number of hydrogen-bond acceptors (Lipinski definition) is 4. The van der Waals surface area contributed by atoms with Crippen molar-refractivity contribution in [2.24, 2.45) is 14.1 Å². The van der Waals surface area contributed by atoms with Crippen molar-refractivity contribution in [3.63, 3.8) is 0 Å². The molecule has 0 unspecified atom stereocenters. The molecule has 4 aromatic rings. The van der Waals surface area contributed by atoms with Crippen LogP contribution in [-0.2, 0) is 25.4 Å². The lowest BCUT2D eigenvalue weighted by molar-refractivity contribution is 0.188. The van der Waals surface area contributed by atoms with Crippen molar-refractivity contribution < 1.29 is 4.74 Å². The van der Waals surface area contributed by atoms with Gasteiger partial charge in [-0.25, -0.2) is 4.79 Å². The number of imidazole rings is 2. The van der Waals surface area contributed by atoms with Crippen LogP contribution in [0.4, 0.5) is 0 Å². The Morgan fingerprint density at radius 3 is 2.44 bits per heavy atom. The molecule has 0 radical (unpaired) electrons. The molecule has 0 amide bonds. The van der Waals surface area contributed by atoms with Gasteiger partial charge in [-0.2, -0.15) is 4.98 Å². The Labute approximate surface area is 154 Å². The third-order valence-electron chi connectivity index (χ3n) is 4.92. The molecule has 0 fully saturated rings. The molecule has 4 rings (SSSR count). The van der Waals surface area contributed by atoms with E-state index in [1.807, 2.05) is 42.0 Å². The van der Waals surface area contributed by atoms with Crippen LogP contribution < -0.4 is 11.2 Å². The molecule has 1 aromatic carbocycles. The number of hydrogen-bond donors (Lipinski definition) is 0. The van der Waals surface area contributed by atoms with Crippen LogP contribution in [0.3, 0.4) is 0 Å². The van der Waals surface area contributed by atoms with Crippen molar-refractivity contribution in [3.8, 4) is 11.3 Å². The van der Waals surface area contributed by atoms with E-state index < -0.39 is 5.69 Å². The van der Waals surface area contributed by atoms with E-state index in [4.69, 9.17) is 4.74 Å². The largest absolute Gasteiger partial charge is 0.383 e. The number of benzene rings is 1. The molecule has 0 aliphatic heterocycles. The highest BCUT2D eigenvalue weighted by molar-refractivity contribution is 5.78. The van der Waals surface area contributed by atoms with E-state index in [-0.39, 0.29) is 5.56 Å². The molecule has 8 nitrogen and oxygen atoms in total. The highest BCUT2D eigenvalue weighted by Crippen LogP contribution is 2.25. The Bertz CT molecular complexity index is 1270. The Kier molecular flexibility index (Phi) is 4.00. The van der Waals surface area contributed by atoms with Crippen molar-refractivity contribution in [3.05, 3.63) is 56.9 Å². The quantitative estimate of drug-likeness (QED) is 0.545. The summed E-state index contributed by atoms with van der Waals surface area (Å²) in [6.45, 7) is 3.12. The first-order valence-electron chi connectivity index (χ1n) is 8.67. The fourth-order valence-corrected chi connectivity index (χ4v) is 3.37. The maximum absolute atomic E-state index is 12.7. The van der Waals surface area contributed by atoms with Crippen molar-refractivity contribution >= 4 is 16.9 Å². The van der Waals surface area contributed by atoms with Gasteiger partial charge in [0.05, 0.1) is 12.3 Å². The normalized spacial score (nSPS) is 11.7. The van der Waals surface area contributed by atoms with Gasteiger partial charge in [0.2, 0.25) is 5.78 Å². The van der Waals surface area contributed by atoms with Gasteiger partial charge in [0.25, 0.3) is 5.56 Å². The van der Waals surface area contributed by atoms with Gasteiger partial charge in [-0.1, -0.05) is 29.8 Å². The number of methoxy groups -OCH3 is 1. The number of ether oxygens (including phenoxy) is 1. The number of nitrogens with zero attached hydrogens (tertiary/aromatic N) is 5. The number of rotatable bonds is 4. The maximum atomic E-state index is 12.7. The van der Waals surface area contributed by atoms with E-state index in [0.29, 0.717) is 30.1 Å². The number of fused-ring (bicyclic) bond motifs is 3. The Morgan fingerprint density at radius 1 is 1.07 bits per heavy atom. The maximum Gasteiger partial charge on any atom is 0.332 e. The Hall–Kier alpha value is -3.13. The molecule has 140 valence electrons. The SMILES string of the molecule is COCCn1c(-c2ccc(C)cc2)cn2c3c(=O)n(C)c(=O)n(C)c3nc12. The minimum Gasteiger partial charge on any atom is -0.383 e. The number of aryl methyl sites for hydroxylation is 2. The van der Waals surface area contributed by atoms with E-state index in [0.717, 1.165) is 15.8 Å². The Morgan fingerprint density at radius 2 is 1.78 bits per heavy atom. The van der Waals surface area contributed by atoms with Crippen LogP contribution in [0.5, 0.6) is 0 Å². The third-order valence-corrected chi connectivity index (χ3v) is 4.92. The molecule has 0 saturated heterocycles. The van der Waals surface area contributed by atoms with Crippen LogP contribution >= 0.6 is 0 Å². The molecule has 0 bridgehead atoms. The van der Waals surface area contributed by atoms with Crippen LogP contribution in [0.1, 0.15) is 5.56 Å². The smallest absolute Gasteiger partial charge is 0.332 e. The first kappa shape index (κ1) is 17.3. The summed E-state index contributed by atoms with van der Waals surface area (Å²) in [5.41, 5.74) is 3.14. The number of aromatic nitrogens is 5. The topological polar surface area (TPSA) is 75.5 Å². The molecular formula is C19H21N5O3. The minimum absolute atomic E-state index is 0.361. The fourth-order valence-electron chi connectivity index (χ4n) is 3.37. The molecule has 0 atom stereocenters. The zero-order valence-corrected chi connectivity index (χ0v) is 15.8. The minimum atomic E-state index is -0.393. The van der Waals surface area contributed by atoms with Crippen LogP contribution in [-0.4, -0.2) is 36.8 Å². The van der Waals surface area contributed by atoms with Gasteiger partial charge in [-0.15, -0.1) is 0 Å². The standard InChI is InChI=1S/C19H21N5O3/c1-12-5-7-13(8-6-12)14-11-24-15-16(20-18(24)23(14)9-10-27-4)21(2)19(26)22(3)17(15)25/h5-8,11H,9-10H2,1-4H3. The van der Waals surface area contributed by atoms with Crippen LogP contribution in [0, 0.1) is 6.92 Å². The van der Waals surface area contributed by atoms with E-state index >= 15 is 0 Å². The summed E-state index contributed by atoms with van der Waals surface area (Å²) in [6.07, 6.45) is 1.90.